The van der Waals surface area contributed by atoms with Gasteiger partial charge in [-0.2, -0.15) is 16.8 Å². The third-order valence-electron chi connectivity index (χ3n) is 3.27. The van der Waals surface area contributed by atoms with Crippen LogP contribution in [0.4, 0.5) is 21.9 Å². The molecule has 0 fully saturated rings. The van der Waals surface area contributed by atoms with Crippen molar-refractivity contribution in [3.8, 4) is 0 Å². The van der Waals surface area contributed by atoms with Crippen molar-refractivity contribution in [2.24, 2.45) is 0 Å². The number of rotatable bonds is 4. The van der Waals surface area contributed by atoms with Gasteiger partial charge in [-0.25, -0.2) is 4.79 Å². The molecule has 0 aliphatic heterocycles. The normalized spacial score (nSPS) is 11.8. The molecule has 0 aliphatic rings. The third-order valence-corrected chi connectivity index (χ3v) is 5.18. The summed E-state index contributed by atoms with van der Waals surface area (Å²) in [6, 6.07) is 6.50. The number of nitrogen functional groups attached to an aromatic ring is 1. The molecular formula is C14H15N3O7S2. The number of benzene rings is 2. The number of hydrogen-bond donors (Lipinski definition) is 5. The summed E-state index contributed by atoms with van der Waals surface area (Å²) in [6.45, 7) is 1.47. The number of carbonyl (C=O) groups excluding carboxylic acids is 1. The topological polar surface area (TPSA) is 176 Å². The van der Waals surface area contributed by atoms with Crippen LogP contribution < -0.4 is 16.4 Å². The molecule has 2 rings (SSSR count). The number of nitrogens with two attached hydrogens (primary N) is 1. The maximum atomic E-state index is 12.0. The minimum Gasteiger partial charge on any atom is -0.398 e. The van der Waals surface area contributed by atoms with Gasteiger partial charge in [0, 0.05) is 11.4 Å². The Morgan fingerprint density at radius 2 is 1.35 bits per heavy atom. The summed E-state index contributed by atoms with van der Waals surface area (Å²) in [5, 5.41) is 4.64. The summed E-state index contributed by atoms with van der Waals surface area (Å²) in [6.07, 6.45) is 0. The summed E-state index contributed by atoms with van der Waals surface area (Å²) >= 11 is 0. The number of amides is 2. The lowest BCUT2D eigenvalue weighted by Gasteiger charge is -2.11. The second kappa shape index (κ2) is 6.92. The smallest absolute Gasteiger partial charge is 0.323 e. The van der Waals surface area contributed by atoms with Crippen LogP contribution in [0.5, 0.6) is 0 Å². The molecule has 2 aromatic carbocycles. The van der Waals surface area contributed by atoms with Crippen LogP contribution in [-0.4, -0.2) is 32.0 Å². The van der Waals surface area contributed by atoms with E-state index in [0.717, 1.165) is 12.1 Å². The van der Waals surface area contributed by atoms with Gasteiger partial charge in [0.05, 0.1) is 10.6 Å². The standard InChI is InChI=1S/C14H15N3O7S2/c1-8-2-3-9(6-12(8)25(19,20)21)16-14(18)17-10-4-5-11(15)13(7-10)26(22,23)24/h2-7H,15H2,1H3,(H2,16,17,18)(H,19,20,21)(H,22,23,24). The molecule has 10 nitrogen and oxygen atoms in total. The van der Waals surface area contributed by atoms with Gasteiger partial charge in [0.2, 0.25) is 0 Å². The Morgan fingerprint density at radius 3 is 1.85 bits per heavy atom. The van der Waals surface area contributed by atoms with Crippen LogP contribution in [0, 0.1) is 6.92 Å². The highest BCUT2D eigenvalue weighted by molar-refractivity contribution is 7.86. The lowest BCUT2D eigenvalue weighted by Crippen LogP contribution is -2.20. The minimum absolute atomic E-state index is 0.0199. The van der Waals surface area contributed by atoms with Crippen LogP contribution in [0.25, 0.3) is 0 Å². The van der Waals surface area contributed by atoms with Crippen LogP contribution in [0.15, 0.2) is 46.2 Å². The molecule has 0 aliphatic carbocycles. The number of carbonyl (C=O) groups is 1. The second-order valence-electron chi connectivity index (χ2n) is 5.26. The Hall–Kier alpha value is -2.67. The first-order valence-corrected chi connectivity index (χ1v) is 9.79. The molecule has 0 heterocycles. The molecule has 0 atom stereocenters. The Bertz CT molecular complexity index is 994. The fourth-order valence-electron chi connectivity index (χ4n) is 2.08. The van der Waals surface area contributed by atoms with Gasteiger partial charge in [-0.15, -0.1) is 0 Å². The van der Waals surface area contributed by atoms with E-state index in [-0.39, 0.29) is 27.5 Å². The first kappa shape index (κ1) is 19.7. The monoisotopic (exact) mass is 401 g/mol. The van der Waals surface area contributed by atoms with Gasteiger partial charge in [-0.3, -0.25) is 9.11 Å². The predicted molar refractivity (Wildman–Crippen MR) is 94.3 cm³/mol. The quantitative estimate of drug-likeness (QED) is 0.380. The molecule has 140 valence electrons. The summed E-state index contributed by atoms with van der Waals surface area (Å²) < 4.78 is 63.2. The molecule has 0 unspecified atom stereocenters. The predicted octanol–water partition coefficient (Wildman–Crippen LogP) is 1.71. The van der Waals surface area contributed by atoms with E-state index in [1.54, 1.807) is 0 Å². The van der Waals surface area contributed by atoms with Crippen molar-refractivity contribution in [2.75, 3.05) is 16.4 Å². The van der Waals surface area contributed by atoms with Gasteiger partial charge in [0.25, 0.3) is 20.2 Å². The highest BCUT2D eigenvalue weighted by Gasteiger charge is 2.16. The number of anilines is 3. The van der Waals surface area contributed by atoms with E-state index in [0.29, 0.717) is 0 Å². The van der Waals surface area contributed by atoms with Crippen molar-refractivity contribution >= 4 is 43.3 Å². The number of nitrogens with one attached hydrogen (secondary N) is 2. The van der Waals surface area contributed by atoms with E-state index >= 15 is 0 Å². The minimum atomic E-state index is -4.57. The maximum absolute atomic E-state index is 12.0. The molecule has 2 aromatic rings. The van der Waals surface area contributed by atoms with E-state index < -0.39 is 31.2 Å². The Balaban J connectivity index is 2.23. The van der Waals surface area contributed by atoms with Gasteiger partial charge in [0.15, 0.2) is 0 Å². The van der Waals surface area contributed by atoms with E-state index in [1.807, 2.05) is 0 Å². The number of urea groups is 1. The number of hydrogen-bond acceptors (Lipinski definition) is 6. The molecule has 2 amide bonds. The number of aryl methyl sites for hydroxylation is 1. The zero-order chi connectivity index (χ0) is 19.7. The van der Waals surface area contributed by atoms with E-state index in [9.17, 15) is 21.6 Å². The molecular weight excluding hydrogens is 386 g/mol. The summed E-state index contributed by atoms with van der Waals surface area (Å²) in [5.41, 5.74) is 5.64. The lowest BCUT2D eigenvalue weighted by molar-refractivity contribution is 0.262. The third kappa shape index (κ3) is 4.70. The maximum Gasteiger partial charge on any atom is 0.323 e. The zero-order valence-corrected chi connectivity index (χ0v) is 14.9. The largest absolute Gasteiger partial charge is 0.398 e. The van der Waals surface area contributed by atoms with Crippen molar-refractivity contribution < 1.29 is 30.7 Å². The van der Waals surface area contributed by atoms with Gasteiger partial charge in [0.1, 0.15) is 4.90 Å². The van der Waals surface area contributed by atoms with Crippen molar-refractivity contribution in [1.82, 2.24) is 0 Å². The molecule has 0 radical (unpaired) electrons. The fraction of sp³-hybridized carbons (Fsp3) is 0.0714. The fourth-order valence-corrected chi connectivity index (χ4v) is 3.48. The van der Waals surface area contributed by atoms with E-state index in [2.05, 4.69) is 10.6 Å². The van der Waals surface area contributed by atoms with Crippen molar-refractivity contribution in [3.05, 3.63) is 42.0 Å². The molecule has 26 heavy (non-hydrogen) atoms. The average Bonchev–Trinajstić information content (AvgIpc) is 2.49. The van der Waals surface area contributed by atoms with Gasteiger partial charge in [-0.1, -0.05) is 6.07 Å². The summed E-state index contributed by atoms with van der Waals surface area (Å²) in [5.74, 6) is 0. The highest BCUT2D eigenvalue weighted by atomic mass is 32.2. The first-order valence-electron chi connectivity index (χ1n) is 6.91. The van der Waals surface area contributed by atoms with Gasteiger partial charge < -0.3 is 16.4 Å². The molecule has 0 saturated carbocycles. The lowest BCUT2D eigenvalue weighted by atomic mass is 10.2. The SMILES string of the molecule is Cc1ccc(NC(=O)Nc2ccc(N)c(S(=O)(=O)O)c2)cc1S(=O)(=O)O. The van der Waals surface area contributed by atoms with Gasteiger partial charge >= 0.3 is 6.03 Å². The first-order chi connectivity index (χ1) is 11.9. The van der Waals surface area contributed by atoms with Crippen molar-refractivity contribution in [3.63, 3.8) is 0 Å². The molecule has 12 heteroatoms. The van der Waals surface area contributed by atoms with Crippen LogP contribution in [0.2, 0.25) is 0 Å². The molecule has 0 spiro atoms. The van der Waals surface area contributed by atoms with Crippen molar-refractivity contribution in [2.45, 2.75) is 16.7 Å². The van der Waals surface area contributed by atoms with E-state index in [4.69, 9.17) is 14.8 Å². The second-order valence-corrected chi connectivity index (χ2v) is 8.04. The Kier molecular flexibility index (Phi) is 5.23. The van der Waals surface area contributed by atoms with E-state index in [1.165, 1.54) is 31.2 Å². The average molecular weight is 401 g/mol. The van der Waals surface area contributed by atoms with Gasteiger partial charge in [-0.05, 0) is 42.8 Å². The van der Waals surface area contributed by atoms with Crippen LogP contribution >= 0.6 is 0 Å². The molecule has 0 saturated heterocycles. The summed E-state index contributed by atoms with van der Waals surface area (Å²) in [4.78, 5) is 11.1. The molecule has 0 bridgehead atoms. The Labute approximate surface area is 149 Å². The van der Waals surface area contributed by atoms with Crippen LogP contribution in [0.1, 0.15) is 5.56 Å². The highest BCUT2D eigenvalue weighted by Crippen LogP contribution is 2.23. The Morgan fingerprint density at radius 1 is 0.885 bits per heavy atom. The van der Waals surface area contributed by atoms with Crippen molar-refractivity contribution in [1.29, 1.82) is 0 Å². The van der Waals surface area contributed by atoms with Crippen LogP contribution in [0.3, 0.4) is 0 Å². The molecule has 6 N–H and O–H groups in total. The summed E-state index contributed by atoms with van der Waals surface area (Å²) in [7, 11) is -9.03. The zero-order valence-electron chi connectivity index (χ0n) is 13.3. The molecule has 0 aromatic heterocycles. The van der Waals surface area contributed by atoms with Crippen LogP contribution in [-0.2, 0) is 20.2 Å².